The number of fused-ring (bicyclic) bond motifs is 2. The molecule has 6 rings (SSSR count). The van der Waals surface area contributed by atoms with Crippen LogP contribution in [0.1, 0.15) is 42.7 Å². The molecule has 1 unspecified atom stereocenters. The Kier molecular flexibility index (Phi) is 5.27. The summed E-state index contributed by atoms with van der Waals surface area (Å²) < 4.78 is 16.9. The Labute approximate surface area is 194 Å². The number of aromatic nitrogens is 2. The molecule has 1 atom stereocenters. The van der Waals surface area contributed by atoms with E-state index in [0.29, 0.717) is 17.8 Å². The lowest BCUT2D eigenvalue weighted by Crippen LogP contribution is -2.43. The molecule has 0 saturated carbocycles. The predicted molar refractivity (Wildman–Crippen MR) is 126 cm³/mol. The number of hydrogen-bond donors (Lipinski definition) is 0. The van der Waals surface area contributed by atoms with E-state index in [2.05, 4.69) is 40.4 Å². The first-order valence-corrected chi connectivity index (χ1v) is 11.9. The van der Waals surface area contributed by atoms with E-state index in [-0.39, 0.29) is 5.41 Å². The number of hydrogen-bond acceptors (Lipinski definition) is 6. The van der Waals surface area contributed by atoms with Gasteiger partial charge in [-0.15, -0.1) is 0 Å². The summed E-state index contributed by atoms with van der Waals surface area (Å²) in [6.45, 7) is 4.14. The number of rotatable bonds is 5. The number of methoxy groups -OCH3 is 1. The molecule has 1 aromatic heterocycles. The van der Waals surface area contributed by atoms with Crippen molar-refractivity contribution in [2.24, 2.45) is 0 Å². The fraction of sp³-hybridized carbons (Fsp3) is 0.407. The average Bonchev–Trinajstić information content (AvgIpc) is 3.61. The molecule has 6 nitrogen and oxygen atoms in total. The van der Waals surface area contributed by atoms with Crippen LogP contribution in [0.4, 0.5) is 0 Å². The van der Waals surface area contributed by atoms with Crippen LogP contribution in [-0.4, -0.2) is 54.5 Å². The van der Waals surface area contributed by atoms with E-state index in [1.54, 1.807) is 7.11 Å². The van der Waals surface area contributed by atoms with Crippen LogP contribution in [0.5, 0.6) is 5.75 Å². The molecule has 2 aromatic carbocycles. The van der Waals surface area contributed by atoms with Crippen LogP contribution in [0.3, 0.4) is 0 Å². The van der Waals surface area contributed by atoms with Crippen molar-refractivity contribution in [2.45, 2.75) is 37.2 Å². The lowest BCUT2D eigenvalue weighted by molar-refractivity contribution is 0.0597. The molecule has 3 aliphatic rings. The van der Waals surface area contributed by atoms with Crippen LogP contribution in [0.2, 0.25) is 0 Å². The number of piperidine rings is 1. The van der Waals surface area contributed by atoms with Gasteiger partial charge in [-0.1, -0.05) is 35.5 Å². The minimum atomic E-state index is 0.0354. The summed E-state index contributed by atoms with van der Waals surface area (Å²) in [5.74, 6) is 1.99. The zero-order valence-corrected chi connectivity index (χ0v) is 19.0. The Balaban J connectivity index is 1.26. The molecule has 0 amide bonds. The first kappa shape index (κ1) is 20.6. The van der Waals surface area contributed by atoms with Crippen molar-refractivity contribution in [3.8, 4) is 17.1 Å². The van der Waals surface area contributed by atoms with Crippen molar-refractivity contribution in [1.82, 2.24) is 15.0 Å². The molecule has 2 aliphatic heterocycles. The van der Waals surface area contributed by atoms with Gasteiger partial charge in [0.25, 0.3) is 5.89 Å². The highest BCUT2D eigenvalue weighted by Gasteiger charge is 2.42. The van der Waals surface area contributed by atoms with Crippen molar-refractivity contribution < 1.29 is 14.0 Å². The van der Waals surface area contributed by atoms with Crippen molar-refractivity contribution in [1.29, 1.82) is 0 Å². The molecule has 0 bridgehead atoms. The van der Waals surface area contributed by atoms with Gasteiger partial charge in [0.15, 0.2) is 0 Å². The maximum Gasteiger partial charge on any atom is 0.258 e. The van der Waals surface area contributed by atoms with Crippen LogP contribution in [-0.2, 0) is 10.2 Å². The maximum absolute atomic E-state index is 5.87. The minimum absolute atomic E-state index is 0.0354. The second-order valence-electron chi connectivity index (χ2n) is 9.35. The second-order valence-corrected chi connectivity index (χ2v) is 9.35. The third-order valence-corrected chi connectivity index (χ3v) is 7.41. The Morgan fingerprint density at radius 1 is 1.09 bits per heavy atom. The molecule has 6 heteroatoms. The molecule has 33 heavy (non-hydrogen) atoms. The topological polar surface area (TPSA) is 60.6 Å². The quantitative estimate of drug-likeness (QED) is 0.570. The Morgan fingerprint density at radius 2 is 1.91 bits per heavy atom. The van der Waals surface area contributed by atoms with Crippen LogP contribution >= 0.6 is 0 Å². The van der Waals surface area contributed by atoms with Gasteiger partial charge in [0.2, 0.25) is 5.82 Å². The summed E-state index contributed by atoms with van der Waals surface area (Å²) in [4.78, 5) is 7.34. The molecule has 1 spiro atoms. The van der Waals surface area contributed by atoms with E-state index in [1.807, 2.05) is 24.3 Å². The summed E-state index contributed by atoms with van der Waals surface area (Å²) in [7, 11) is 1.66. The Bertz CT molecular complexity index is 1150. The largest absolute Gasteiger partial charge is 0.497 e. The van der Waals surface area contributed by atoms with Gasteiger partial charge >= 0.3 is 0 Å². The SMILES string of the molecule is COc1ccc(-c2noc(C3=CC4(CCN(CC5CCCO5)CC4)c4ccccc43)n2)cc1. The van der Waals surface area contributed by atoms with Gasteiger partial charge in [-0.2, -0.15) is 4.98 Å². The lowest BCUT2D eigenvalue weighted by atomic mass is 9.74. The zero-order chi connectivity index (χ0) is 22.3. The predicted octanol–water partition coefficient (Wildman–Crippen LogP) is 4.70. The molecule has 0 N–H and O–H groups in total. The highest BCUT2D eigenvalue weighted by atomic mass is 16.5. The minimum Gasteiger partial charge on any atom is -0.497 e. The van der Waals surface area contributed by atoms with E-state index in [9.17, 15) is 0 Å². The fourth-order valence-corrected chi connectivity index (χ4v) is 5.58. The van der Waals surface area contributed by atoms with E-state index >= 15 is 0 Å². The molecule has 3 heterocycles. The molecular weight excluding hydrogens is 414 g/mol. The van der Waals surface area contributed by atoms with Crippen LogP contribution < -0.4 is 4.74 Å². The molecular formula is C27H29N3O3. The number of allylic oxidation sites excluding steroid dienone is 1. The molecule has 2 fully saturated rings. The molecule has 170 valence electrons. The van der Waals surface area contributed by atoms with Gasteiger partial charge in [-0.25, -0.2) is 0 Å². The average molecular weight is 444 g/mol. The number of likely N-dealkylation sites (tertiary alicyclic amines) is 1. The van der Waals surface area contributed by atoms with E-state index in [1.165, 1.54) is 24.0 Å². The van der Waals surface area contributed by atoms with Crippen LogP contribution in [0.15, 0.2) is 59.1 Å². The number of nitrogens with zero attached hydrogens (tertiary/aromatic N) is 3. The lowest BCUT2D eigenvalue weighted by Gasteiger charge is -2.40. The number of benzene rings is 2. The standard InChI is InChI=1S/C27H29N3O3/c1-31-20-10-8-19(9-11-20)25-28-26(33-29-25)23-17-27(24-7-3-2-6-22(23)24)12-14-30(15-13-27)18-21-5-4-16-32-21/h2-3,6-11,17,21H,4-5,12-16,18H2,1H3. The highest BCUT2D eigenvalue weighted by molar-refractivity contribution is 5.84. The van der Waals surface area contributed by atoms with Crippen molar-refractivity contribution >= 4 is 5.57 Å². The summed E-state index contributed by atoms with van der Waals surface area (Å²) in [5, 5.41) is 4.27. The first-order valence-electron chi connectivity index (χ1n) is 11.9. The Hall–Kier alpha value is -2.96. The van der Waals surface area contributed by atoms with Gasteiger partial charge in [0.1, 0.15) is 5.75 Å². The van der Waals surface area contributed by atoms with Gasteiger partial charge in [0.05, 0.1) is 13.2 Å². The summed E-state index contributed by atoms with van der Waals surface area (Å²) >= 11 is 0. The monoisotopic (exact) mass is 443 g/mol. The molecule has 0 radical (unpaired) electrons. The van der Waals surface area contributed by atoms with Crippen molar-refractivity contribution in [3.05, 3.63) is 71.6 Å². The van der Waals surface area contributed by atoms with Gasteiger partial charge in [-0.3, -0.25) is 0 Å². The van der Waals surface area contributed by atoms with Gasteiger partial charge in [-0.05, 0) is 74.2 Å². The molecule has 1 aliphatic carbocycles. The summed E-state index contributed by atoms with van der Waals surface area (Å²) in [6.07, 6.45) is 7.40. The van der Waals surface area contributed by atoms with Crippen molar-refractivity contribution in [2.75, 3.05) is 33.4 Å². The first-order chi connectivity index (χ1) is 16.2. The third-order valence-electron chi connectivity index (χ3n) is 7.41. The summed E-state index contributed by atoms with van der Waals surface area (Å²) in [6, 6.07) is 16.4. The highest BCUT2D eigenvalue weighted by Crippen LogP contribution is 2.48. The molecule has 2 saturated heterocycles. The second kappa shape index (κ2) is 8.43. The van der Waals surface area contributed by atoms with Gasteiger partial charge < -0.3 is 18.9 Å². The van der Waals surface area contributed by atoms with Crippen LogP contribution in [0, 0.1) is 0 Å². The van der Waals surface area contributed by atoms with Crippen LogP contribution in [0.25, 0.3) is 17.0 Å². The molecule has 3 aromatic rings. The fourth-order valence-electron chi connectivity index (χ4n) is 5.58. The van der Waals surface area contributed by atoms with E-state index in [4.69, 9.17) is 19.0 Å². The van der Waals surface area contributed by atoms with E-state index in [0.717, 1.165) is 56.0 Å². The maximum atomic E-state index is 5.87. The zero-order valence-electron chi connectivity index (χ0n) is 19.0. The van der Waals surface area contributed by atoms with Crippen molar-refractivity contribution in [3.63, 3.8) is 0 Å². The normalized spacial score (nSPS) is 21.8. The third kappa shape index (κ3) is 3.77. The smallest absolute Gasteiger partial charge is 0.258 e. The summed E-state index contributed by atoms with van der Waals surface area (Å²) in [5.41, 5.74) is 4.62. The van der Waals surface area contributed by atoms with Gasteiger partial charge in [0, 0.05) is 29.7 Å². The Morgan fingerprint density at radius 3 is 2.67 bits per heavy atom. The number of ether oxygens (including phenoxy) is 2. The van der Waals surface area contributed by atoms with E-state index < -0.39 is 0 Å².